The van der Waals surface area contributed by atoms with Crippen molar-refractivity contribution < 1.29 is 9.18 Å². The number of benzene rings is 2. The molecule has 0 spiro atoms. The second kappa shape index (κ2) is 4.77. The second-order valence-electron chi connectivity index (χ2n) is 4.59. The Labute approximate surface area is 114 Å². The zero-order chi connectivity index (χ0) is 14.1. The van der Waals surface area contributed by atoms with E-state index in [9.17, 15) is 9.18 Å². The summed E-state index contributed by atoms with van der Waals surface area (Å²) in [4.78, 5) is 12.2. The zero-order valence-corrected chi connectivity index (χ0v) is 10.8. The minimum atomic E-state index is -0.398. The lowest BCUT2D eigenvalue weighted by Gasteiger charge is -2.03. The maximum absolute atomic E-state index is 13.1. The van der Waals surface area contributed by atoms with Crippen molar-refractivity contribution in [2.75, 3.05) is 5.32 Å². The van der Waals surface area contributed by atoms with E-state index in [4.69, 9.17) is 0 Å². The number of H-pyrrole nitrogens is 1. The molecule has 100 valence electrons. The van der Waals surface area contributed by atoms with Crippen molar-refractivity contribution in [2.45, 2.75) is 6.92 Å². The van der Waals surface area contributed by atoms with Gasteiger partial charge in [-0.2, -0.15) is 5.10 Å². The Balaban J connectivity index is 1.94. The third kappa shape index (κ3) is 2.25. The predicted octanol–water partition coefficient (Wildman–Crippen LogP) is 3.26. The molecule has 0 bridgehead atoms. The van der Waals surface area contributed by atoms with Crippen molar-refractivity contribution in [3.05, 3.63) is 59.5 Å². The van der Waals surface area contributed by atoms with Crippen LogP contribution in [0.1, 0.15) is 16.1 Å². The van der Waals surface area contributed by atoms with Gasteiger partial charge < -0.3 is 5.32 Å². The van der Waals surface area contributed by atoms with Crippen molar-refractivity contribution in [1.29, 1.82) is 0 Å². The molecule has 20 heavy (non-hydrogen) atoms. The average molecular weight is 269 g/mol. The van der Waals surface area contributed by atoms with Gasteiger partial charge in [0.25, 0.3) is 5.91 Å². The van der Waals surface area contributed by atoms with Gasteiger partial charge >= 0.3 is 0 Å². The highest BCUT2D eigenvalue weighted by Gasteiger charge is 2.14. The molecule has 1 amide bonds. The SMILES string of the molecule is Cc1ccc2[nH]nc(C(=O)Nc3cccc(F)c3)c2c1. The van der Waals surface area contributed by atoms with Crippen LogP contribution in [-0.2, 0) is 0 Å². The second-order valence-corrected chi connectivity index (χ2v) is 4.59. The number of carbonyl (C=O) groups is 1. The Hall–Kier alpha value is -2.69. The van der Waals surface area contributed by atoms with Crippen LogP contribution in [0.25, 0.3) is 10.9 Å². The number of fused-ring (bicyclic) bond motifs is 1. The largest absolute Gasteiger partial charge is 0.320 e. The van der Waals surface area contributed by atoms with E-state index in [1.54, 1.807) is 6.07 Å². The molecule has 0 unspecified atom stereocenters. The fraction of sp³-hybridized carbons (Fsp3) is 0.0667. The van der Waals surface area contributed by atoms with E-state index >= 15 is 0 Å². The van der Waals surface area contributed by atoms with Crippen LogP contribution in [0, 0.1) is 12.7 Å². The minimum Gasteiger partial charge on any atom is -0.320 e. The van der Waals surface area contributed by atoms with Gasteiger partial charge in [-0.1, -0.05) is 17.7 Å². The standard InChI is InChI=1S/C15H12FN3O/c1-9-5-6-13-12(7-9)14(19-18-13)15(20)17-11-4-2-3-10(16)8-11/h2-8H,1H3,(H,17,20)(H,18,19). The van der Waals surface area contributed by atoms with E-state index in [-0.39, 0.29) is 5.91 Å². The number of anilines is 1. The molecule has 0 aliphatic rings. The first-order valence-electron chi connectivity index (χ1n) is 6.15. The van der Waals surface area contributed by atoms with Crippen LogP contribution in [-0.4, -0.2) is 16.1 Å². The molecule has 2 N–H and O–H groups in total. The first-order chi connectivity index (χ1) is 9.63. The summed E-state index contributed by atoms with van der Waals surface area (Å²) in [6.07, 6.45) is 0. The average Bonchev–Trinajstić information content (AvgIpc) is 2.81. The highest BCUT2D eigenvalue weighted by atomic mass is 19.1. The Bertz CT molecular complexity index is 795. The molecule has 2 aromatic carbocycles. The van der Waals surface area contributed by atoms with Gasteiger partial charge in [-0.05, 0) is 37.3 Å². The number of aromatic amines is 1. The van der Waals surface area contributed by atoms with Crippen LogP contribution in [0.4, 0.5) is 10.1 Å². The molecule has 1 aromatic heterocycles. The Morgan fingerprint density at radius 2 is 2.10 bits per heavy atom. The number of hydrogen-bond acceptors (Lipinski definition) is 2. The number of hydrogen-bond donors (Lipinski definition) is 2. The van der Waals surface area contributed by atoms with Crippen LogP contribution in [0.3, 0.4) is 0 Å². The summed E-state index contributed by atoms with van der Waals surface area (Å²) in [6, 6.07) is 11.4. The predicted molar refractivity (Wildman–Crippen MR) is 75.2 cm³/mol. The van der Waals surface area contributed by atoms with Crippen LogP contribution >= 0.6 is 0 Å². The van der Waals surface area contributed by atoms with Gasteiger partial charge in [0, 0.05) is 11.1 Å². The van der Waals surface area contributed by atoms with Gasteiger partial charge in [-0.25, -0.2) is 4.39 Å². The van der Waals surface area contributed by atoms with Crippen LogP contribution in [0.15, 0.2) is 42.5 Å². The molecule has 0 atom stereocenters. The van der Waals surface area contributed by atoms with Gasteiger partial charge in [-0.15, -0.1) is 0 Å². The maximum atomic E-state index is 13.1. The van der Waals surface area contributed by atoms with E-state index < -0.39 is 5.82 Å². The molecule has 1 heterocycles. The summed E-state index contributed by atoms with van der Waals surface area (Å²) in [5, 5.41) is 10.2. The molecule has 3 rings (SSSR count). The molecule has 0 saturated heterocycles. The van der Waals surface area contributed by atoms with Crippen molar-refractivity contribution in [3.63, 3.8) is 0 Å². The molecule has 0 fully saturated rings. The number of amides is 1. The van der Waals surface area contributed by atoms with E-state index in [0.29, 0.717) is 11.4 Å². The first-order valence-corrected chi connectivity index (χ1v) is 6.15. The number of aromatic nitrogens is 2. The Morgan fingerprint density at radius 3 is 2.90 bits per heavy atom. The van der Waals surface area contributed by atoms with E-state index in [2.05, 4.69) is 15.5 Å². The van der Waals surface area contributed by atoms with E-state index in [0.717, 1.165) is 16.5 Å². The van der Waals surface area contributed by atoms with Crippen LogP contribution in [0.2, 0.25) is 0 Å². The number of nitrogens with zero attached hydrogens (tertiary/aromatic N) is 1. The smallest absolute Gasteiger partial charge is 0.276 e. The van der Waals surface area contributed by atoms with E-state index in [1.165, 1.54) is 18.2 Å². The number of rotatable bonds is 2. The highest BCUT2D eigenvalue weighted by molar-refractivity contribution is 6.11. The molecule has 4 nitrogen and oxygen atoms in total. The van der Waals surface area contributed by atoms with Gasteiger partial charge in [-0.3, -0.25) is 9.89 Å². The van der Waals surface area contributed by atoms with Gasteiger partial charge in [0.05, 0.1) is 5.52 Å². The van der Waals surface area contributed by atoms with Crippen LogP contribution < -0.4 is 5.32 Å². The number of carbonyl (C=O) groups excluding carboxylic acids is 1. The summed E-state index contributed by atoms with van der Waals surface area (Å²) in [7, 11) is 0. The molecule has 0 aliphatic heterocycles. The van der Waals surface area contributed by atoms with Crippen molar-refractivity contribution >= 4 is 22.5 Å². The van der Waals surface area contributed by atoms with Gasteiger partial charge in [0.15, 0.2) is 5.69 Å². The summed E-state index contributed by atoms with van der Waals surface area (Å²) >= 11 is 0. The fourth-order valence-electron chi connectivity index (χ4n) is 2.06. The molecular weight excluding hydrogens is 257 g/mol. The third-order valence-corrected chi connectivity index (χ3v) is 3.02. The zero-order valence-electron chi connectivity index (χ0n) is 10.8. The normalized spacial score (nSPS) is 10.7. The lowest BCUT2D eigenvalue weighted by atomic mass is 10.1. The number of aryl methyl sites for hydroxylation is 1. The highest BCUT2D eigenvalue weighted by Crippen LogP contribution is 2.19. The Kier molecular flexibility index (Phi) is 2.95. The molecule has 5 heteroatoms. The van der Waals surface area contributed by atoms with E-state index in [1.807, 2.05) is 25.1 Å². The molecule has 3 aromatic rings. The molecular formula is C15H12FN3O. The summed E-state index contributed by atoms with van der Waals surface area (Å²) in [5.41, 5.74) is 2.53. The van der Waals surface area contributed by atoms with Crippen molar-refractivity contribution in [3.8, 4) is 0 Å². The monoisotopic (exact) mass is 269 g/mol. The lowest BCUT2D eigenvalue weighted by Crippen LogP contribution is -2.12. The topological polar surface area (TPSA) is 57.8 Å². The third-order valence-electron chi connectivity index (χ3n) is 3.02. The van der Waals surface area contributed by atoms with Crippen molar-refractivity contribution in [2.24, 2.45) is 0 Å². The molecule has 0 aliphatic carbocycles. The van der Waals surface area contributed by atoms with Gasteiger partial charge in [0.2, 0.25) is 0 Å². The number of nitrogens with one attached hydrogen (secondary N) is 2. The summed E-state index contributed by atoms with van der Waals surface area (Å²) < 4.78 is 13.1. The fourth-order valence-corrected chi connectivity index (χ4v) is 2.06. The summed E-state index contributed by atoms with van der Waals surface area (Å²) in [5.74, 6) is -0.766. The first kappa shape index (κ1) is 12.3. The Morgan fingerprint density at radius 1 is 1.25 bits per heavy atom. The van der Waals surface area contributed by atoms with Gasteiger partial charge in [0.1, 0.15) is 5.82 Å². The minimum absolute atomic E-state index is 0.299. The number of halogens is 1. The quantitative estimate of drug-likeness (QED) is 0.750. The summed E-state index contributed by atoms with van der Waals surface area (Å²) in [6.45, 7) is 1.95. The molecule has 0 radical (unpaired) electrons. The molecule has 0 saturated carbocycles. The van der Waals surface area contributed by atoms with Crippen molar-refractivity contribution in [1.82, 2.24) is 10.2 Å². The maximum Gasteiger partial charge on any atom is 0.276 e. The lowest BCUT2D eigenvalue weighted by molar-refractivity contribution is 0.102. The van der Waals surface area contributed by atoms with Crippen LogP contribution in [0.5, 0.6) is 0 Å².